The normalized spacial score (nSPS) is 11.6. The van der Waals surface area contributed by atoms with Crippen molar-refractivity contribution in [1.29, 1.82) is 0 Å². The van der Waals surface area contributed by atoms with Crippen molar-refractivity contribution in [3.63, 3.8) is 0 Å². The van der Waals surface area contributed by atoms with Gasteiger partial charge < -0.3 is 10.6 Å². The highest BCUT2D eigenvalue weighted by Crippen LogP contribution is 1.96. The van der Waals surface area contributed by atoms with Gasteiger partial charge in [0, 0.05) is 32.1 Å². The van der Waals surface area contributed by atoms with Crippen molar-refractivity contribution in [3.05, 3.63) is 18.0 Å². The molecule has 0 aliphatic heterocycles. The summed E-state index contributed by atoms with van der Waals surface area (Å²) in [5.41, 5.74) is 1.24. The smallest absolute Gasteiger partial charge is 0.191 e. The first-order chi connectivity index (χ1) is 8.76. The molecule has 0 atom stereocenters. The lowest BCUT2D eigenvalue weighted by Crippen LogP contribution is -2.38. The minimum absolute atomic E-state index is 0.851. The van der Waals surface area contributed by atoms with Crippen LogP contribution in [0.15, 0.2) is 17.4 Å². The lowest BCUT2D eigenvalue weighted by Gasteiger charge is -2.10. The van der Waals surface area contributed by atoms with E-state index in [0.717, 1.165) is 37.8 Å². The third-order valence-electron chi connectivity index (χ3n) is 2.37. The van der Waals surface area contributed by atoms with E-state index in [1.54, 1.807) is 0 Å². The Balaban J connectivity index is 2.30. The fraction of sp³-hybridized carbons (Fsp3) is 0.667. The van der Waals surface area contributed by atoms with Crippen molar-refractivity contribution in [2.75, 3.05) is 31.6 Å². The number of nitrogens with one attached hydrogen (secondary N) is 2. The lowest BCUT2D eigenvalue weighted by molar-refractivity contribution is 0.765. The van der Waals surface area contributed by atoms with Crippen LogP contribution in [0.5, 0.6) is 0 Å². The second-order valence-electron chi connectivity index (χ2n) is 3.95. The van der Waals surface area contributed by atoms with Gasteiger partial charge in [-0.1, -0.05) is 0 Å². The first-order valence-corrected chi connectivity index (χ1v) is 7.64. The van der Waals surface area contributed by atoms with E-state index in [9.17, 15) is 0 Å². The molecule has 0 spiro atoms. The van der Waals surface area contributed by atoms with Gasteiger partial charge in [-0.2, -0.15) is 16.9 Å². The highest BCUT2D eigenvalue weighted by Gasteiger charge is 1.98. The second-order valence-corrected chi connectivity index (χ2v) is 4.94. The summed E-state index contributed by atoms with van der Waals surface area (Å²) in [4.78, 5) is 4.49. The van der Waals surface area contributed by atoms with Crippen LogP contribution >= 0.6 is 11.8 Å². The Labute approximate surface area is 113 Å². The van der Waals surface area contributed by atoms with E-state index in [1.165, 1.54) is 5.56 Å². The van der Waals surface area contributed by atoms with Crippen molar-refractivity contribution in [1.82, 2.24) is 20.4 Å². The van der Waals surface area contributed by atoms with Gasteiger partial charge in [0.15, 0.2) is 5.96 Å². The molecule has 0 aliphatic carbocycles. The predicted octanol–water partition coefficient (Wildman–Crippen LogP) is 0.881. The van der Waals surface area contributed by atoms with Crippen molar-refractivity contribution < 1.29 is 0 Å². The van der Waals surface area contributed by atoms with Gasteiger partial charge in [-0.15, -0.1) is 0 Å². The molecule has 1 heterocycles. The predicted molar refractivity (Wildman–Crippen MR) is 79.3 cm³/mol. The molecule has 0 saturated heterocycles. The molecule has 102 valence electrons. The van der Waals surface area contributed by atoms with E-state index in [-0.39, 0.29) is 0 Å². The second kappa shape index (κ2) is 8.85. The Bertz CT molecular complexity index is 361. The number of rotatable bonds is 7. The van der Waals surface area contributed by atoms with Gasteiger partial charge in [0.25, 0.3) is 0 Å². The molecule has 1 rings (SSSR count). The van der Waals surface area contributed by atoms with E-state index in [1.807, 2.05) is 35.9 Å². The Morgan fingerprint density at radius 2 is 2.33 bits per heavy atom. The number of hydrogen-bond acceptors (Lipinski definition) is 3. The Morgan fingerprint density at radius 3 is 2.94 bits per heavy atom. The molecule has 1 aromatic rings. The van der Waals surface area contributed by atoms with Crippen molar-refractivity contribution in [2.45, 2.75) is 13.3 Å². The minimum atomic E-state index is 0.851. The fourth-order valence-corrected chi connectivity index (χ4v) is 1.79. The first kappa shape index (κ1) is 14.9. The molecule has 0 unspecified atom stereocenters. The van der Waals surface area contributed by atoms with Crippen molar-refractivity contribution >= 4 is 17.7 Å². The summed E-state index contributed by atoms with van der Waals surface area (Å²) < 4.78 is 1.83. The monoisotopic (exact) mass is 269 g/mol. The van der Waals surface area contributed by atoms with Gasteiger partial charge in [0.05, 0.1) is 12.7 Å². The maximum absolute atomic E-state index is 4.49. The van der Waals surface area contributed by atoms with Crippen LogP contribution in [0.3, 0.4) is 0 Å². The Morgan fingerprint density at radius 1 is 1.50 bits per heavy atom. The van der Waals surface area contributed by atoms with Gasteiger partial charge in [-0.25, -0.2) is 0 Å². The van der Waals surface area contributed by atoms with Gasteiger partial charge in [-0.05, 0) is 25.2 Å². The van der Waals surface area contributed by atoms with Gasteiger partial charge in [0.1, 0.15) is 0 Å². The quantitative estimate of drug-likeness (QED) is 0.438. The molecular weight excluding hydrogens is 246 g/mol. The van der Waals surface area contributed by atoms with Gasteiger partial charge in [-0.3, -0.25) is 9.67 Å². The maximum Gasteiger partial charge on any atom is 0.191 e. The molecule has 0 bridgehead atoms. The topological polar surface area (TPSA) is 54.2 Å². The van der Waals surface area contributed by atoms with E-state index < -0.39 is 0 Å². The Hall–Kier alpha value is -1.17. The van der Waals surface area contributed by atoms with Crippen LogP contribution in [0.4, 0.5) is 0 Å². The lowest BCUT2D eigenvalue weighted by atomic mass is 10.2. The third kappa shape index (κ3) is 5.95. The molecule has 1 aromatic heterocycles. The Kier molecular flexibility index (Phi) is 7.32. The zero-order chi connectivity index (χ0) is 13.2. The molecule has 18 heavy (non-hydrogen) atoms. The SMILES string of the molecule is CCNC(=NCCSC)NCCc1cnn(C)c1. The van der Waals surface area contributed by atoms with Crippen LogP contribution in [-0.4, -0.2) is 47.4 Å². The average Bonchev–Trinajstić information content (AvgIpc) is 2.75. The summed E-state index contributed by atoms with van der Waals surface area (Å²) >= 11 is 1.81. The van der Waals surface area contributed by atoms with Crippen LogP contribution in [0.25, 0.3) is 0 Å². The van der Waals surface area contributed by atoms with Crippen LogP contribution in [0.2, 0.25) is 0 Å². The molecule has 5 nitrogen and oxygen atoms in total. The number of thioether (sulfide) groups is 1. The summed E-state index contributed by atoms with van der Waals surface area (Å²) in [5.74, 6) is 1.95. The third-order valence-corrected chi connectivity index (χ3v) is 2.96. The molecule has 0 fully saturated rings. The fourth-order valence-electron chi connectivity index (χ4n) is 1.52. The first-order valence-electron chi connectivity index (χ1n) is 6.25. The number of guanidine groups is 1. The highest BCUT2D eigenvalue weighted by molar-refractivity contribution is 7.98. The molecule has 0 radical (unpaired) electrons. The van der Waals surface area contributed by atoms with Crippen LogP contribution in [0.1, 0.15) is 12.5 Å². The zero-order valence-electron chi connectivity index (χ0n) is 11.4. The van der Waals surface area contributed by atoms with E-state index in [2.05, 4.69) is 33.9 Å². The summed E-state index contributed by atoms with van der Waals surface area (Å²) in [6, 6.07) is 0. The van der Waals surface area contributed by atoms with Crippen LogP contribution in [0, 0.1) is 0 Å². The summed E-state index contributed by atoms with van der Waals surface area (Å²) in [5, 5.41) is 10.7. The number of aromatic nitrogens is 2. The number of hydrogen-bond donors (Lipinski definition) is 2. The van der Waals surface area contributed by atoms with E-state index >= 15 is 0 Å². The summed E-state index contributed by atoms with van der Waals surface area (Å²) in [6.45, 7) is 4.69. The molecule has 2 N–H and O–H groups in total. The van der Waals surface area contributed by atoms with Gasteiger partial charge >= 0.3 is 0 Å². The van der Waals surface area contributed by atoms with Gasteiger partial charge in [0.2, 0.25) is 0 Å². The highest BCUT2D eigenvalue weighted by atomic mass is 32.2. The summed E-state index contributed by atoms with van der Waals surface area (Å²) in [7, 11) is 1.94. The molecule has 0 amide bonds. The number of aliphatic imine (C=N–C) groups is 1. The average molecular weight is 269 g/mol. The molecule has 0 aliphatic rings. The zero-order valence-corrected chi connectivity index (χ0v) is 12.3. The van der Waals surface area contributed by atoms with Crippen molar-refractivity contribution in [3.8, 4) is 0 Å². The minimum Gasteiger partial charge on any atom is -0.357 e. The van der Waals surface area contributed by atoms with E-state index in [0.29, 0.717) is 0 Å². The molecular formula is C12H23N5S. The largest absolute Gasteiger partial charge is 0.357 e. The molecule has 0 aromatic carbocycles. The summed E-state index contributed by atoms with van der Waals surface area (Å²) in [6.07, 6.45) is 7.00. The number of aryl methyl sites for hydroxylation is 1. The standard InChI is InChI=1S/C12H23N5S/c1-4-13-12(15-7-8-18-3)14-6-5-11-9-16-17(2)10-11/h9-10H,4-8H2,1-3H3,(H2,13,14,15). The molecule has 0 saturated carbocycles. The number of nitrogens with zero attached hydrogens (tertiary/aromatic N) is 3. The van der Waals surface area contributed by atoms with Crippen molar-refractivity contribution in [2.24, 2.45) is 12.0 Å². The maximum atomic E-state index is 4.49. The van der Waals surface area contributed by atoms with E-state index in [4.69, 9.17) is 0 Å². The van der Waals surface area contributed by atoms with Crippen LogP contribution < -0.4 is 10.6 Å². The van der Waals surface area contributed by atoms with Crippen LogP contribution in [-0.2, 0) is 13.5 Å². The molecule has 6 heteroatoms.